The maximum Gasteiger partial charge on any atom is 0.222 e. The van der Waals surface area contributed by atoms with Crippen molar-refractivity contribution in [3.05, 3.63) is 0 Å². The number of rotatable bonds is 2. The summed E-state index contributed by atoms with van der Waals surface area (Å²) in [6.07, 6.45) is 2.86. The lowest BCUT2D eigenvalue weighted by atomic mass is 10.1. The molecule has 1 heterocycles. The SMILES string of the molecule is CCCC(=O)N1C[C@H](C)C[C@@H]1C. The van der Waals surface area contributed by atoms with E-state index in [1.165, 1.54) is 6.42 Å². The largest absolute Gasteiger partial charge is 0.340 e. The van der Waals surface area contributed by atoms with Crippen LogP contribution in [0.2, 0.25) is 0 Å². The van der Waals surface area contributed by atoms with Crippen molar-refractivity contribution in [1.29, 1.82) is 0 Å². The van der Waals surface area contributed by atoms with E-state index in [-0.39, 0.29) is 0 Å². The molecule has 0 aromatic carbocycles. The third kappa shape index (κ3) is 1.99. The molecule has 1 aliphatic heterocycles. The van der Waals surface area contributed by atoms with Crippen LogP contribution in [0, 0.1) is 5.92 Å². The van der Waals surface area contributed by atoms with E-state index in [1.807, 2.05) is 4.90 Å². The Morgan fingerprint density at radius 2 is 2.17 bits per heavy atom. The van der Waals surface area contributed by atoms with E-state index in [0.717, 1.165) is 19.4 Å². The number of hydrogen-bond donors (Lipinski definition) is 0. The smallest absolute Gasteiger partial charge is 0.222 e. The molecule has 0 bridgehead atoms. The fourth-order valence-electron chi connectivity index (χ4n) is 2.00. The number of carbonyl (C=O) groups is 1. The average Bonchev–Trinajstić information content (AvgIpc) is 2.30. The Labute approximate surface area is 74.9 Å². The Hall–Kier alpha value is -0.530. The minimum absolute atomic E-state index is 0.342. The lowest BCUT2D eigenvalue weighted by Gasteiger charge is -2.20. The minimum Gasteiger partial charge on any atom is -0.340 e. The Kier molecular flexibility index (Phi) is 3.12. The summed E-state index contributed by atoms with van der Waals surface area (Å²) in [5.41, 5.74) is 0. The molecule has 0 N–H and O–H groups in total. The molecule has 0 aliphatic carbocycles. The van der Waals surface area contributed by atoms with Crippen LogP contribution in [0.25, 0.3) is 0 Å². The zero-order valence-electron chi connectivity index (χ0n) is 8.34. The second-order valence-electron chi connectivity index (χ2n) is 3.99. The van der Waals surface area contributed by atoms with E-state index < -0.39 is 0 Å². The number of hydrogen-bond acceptors (Lipinski definition) is 1. The maximum absolute atomic E-state index is 11.5. The summed E-state index contributed by atoms with van der Waals surface area (Å²) in [5, 5.41) is 0. The molecule has 0 unspecified atom stereocenters. The highest BCUT2D eigenvalue weighted by Crippen LogP contribution is 2.22. The van der Waals surface area contributed by atoms with E-state index in [0.29, 0.717) is 17.9 Å². The summed E-state index contributed by atoms with van der Waals surface area (Å²) in [6.45, 7) is 7.40. The average molecular weight is 169 g/mol. The van der Waals surface area contributed by atoms with Crippen LogP contribution in [0.1, 0.15) is 40.0 Å². The number of nitrogens with zero attached hydrogens (tertiary/aromatic N) is 1. The van der Waals surface area contributed by atoms with Crippen molar-refractivity contribution in [1.82, 2.24) is 4.90 Å². The number of amides is 1. The second kappa shape index (κ2) is 3.92. The highest BCUT2D eigenvalue weighted by atomic mass is 16.2. The van der Waals surface area contributed by atoms with Gasteiger partial charge in [-0.15, -0.1) is 0 Å². The van der Waals surface area contributed by atoms with Crippen LogP contribution in [0.4, 0.5) is 0 Å². The Bertz CT molecular complexity index is 167. The Balaban J connectivity index is 2.46. The molecule has 2 atom stereocenters. The number of carbonyl (C=O) groups excluding carboxylic acids is 1. The summed E-state index contributed by atoms with van der Waals surface area (Å²) >= 11 is 0. The first-order valence-electron chi connectivity index (χ1n) is 4.94. The zero-order valence-corrected chi connectivity index (χ0v) is 8.34. The van der Waals surface area contributed by atoms with Crippen LogP contribution in [0.3, 0.4) is 0 Å². The summed E-state index contributed by atoms with van der Waals surface area (Å²) in [4.78, 5) is 13.6. The van der Waals surface area contributed by atoms with Crippen LogP contribution < -0.4 is 0 Å². The van der Waals surface area contributed by atoms with Gasteiger partial charge < -0.3 is 4.90 Å². The molecule has 0 saturated carbocycles. The van der Waals surface area contributed by atoms with E-state index >= 15 is 0 Å². The monoisotopic (exact) mass is 169 g/mol. The maximum atomic E-state index is 11.5. The molecule has 1 rings (SSSR count). The van der Waals surface area contributed by atoms with Gasteiger partial charge in [0.25, 0.3) is 0 Å². The molecule has 1 fully saturated rings. The predicted molar refractivity (Wildman–Crippen MR) is 49.9 cm³/mol. The van der Waals surface area contributed by atoms with Crippen LogP contribution in [0.15, 0.2) is 0 Å². The molecule has 0 spiro atoms. The highest BCUT2D eigenvalue weighted by Gasteiger charge is 2.28. The van der Waals surface area contributed by atoms with Crippen molar-refractivity contribution in [2.24, 2.45) is 5.92 Å². The molecular formula is C10H19NO. The van der Waals surface area contributed by atoms with Crippen molar-refractivity contribution in [2.75, 3.05) is 6.54 Å². The predicted octanol–water partition coefficient (Wildman–Crippen LogP) is 2.04. The highest BCUT2D eigenvalue weighted by molar-refractivity contribution is 5.76. The molecular weight excluding hydrogens is 150 g/mol. The molecule has 0 aromatic rings. The van der Waals surface area contributed by atoms with Gasteiger partial charge in [-0.25, -0.2) is 0 Å². The van der Waals surface area contributed by atoms with E-state index in [4.69, 9.17) is 0 Å². The fourth-order valence-corrected chi connectivity index (χ4v) is 2.00. The first-order valence-corrected chi connectivity index (χ1v) is 4.94. The summed E-state index contributed by atoms with van der Waals surface area (Å²) in [5.74, 6) is 1.04. The van der Waals surface area contributed by atoms with Gasteiger partial charge >= 0.3 is 0 Å². The Morgan fingerprint density at radius 1 is 1.50 bits per heavy atom. The quantitative estimate of drug-likeness (QED) is 0.619. The van der Waals surface area contributed by atoms with Gasteiger partial charge in [0.15, 0.2) is 0 Å². The van der Waals surface area contributed by atoms with Gasteiger partial charge in [-0.05, 0) is 25.7 Å². The van der Waals surface area contributed by atoms with Crippen molar-refractivity contribution in [3.8, 4) is 0 Å². The van der Waals surface area contributed by atoms with Gasteiger partial charge in [0.1, 0.15) is 0 Å². The van der Waals surface area contributed by atoms with Crippen LogP contribution in [0.5, 0.6) is 0 Å². The summed E-state index contributed by atoms with van der Waals surface area (Å²) < 4.78 is 0. The first kappa shape index (κ1) is 9.56. The third-order valence-electron chi connectivity index (χ3n) is 2.57. The second-order valence-corrected chi connectivity index (χ2v) is 3.99. The van der Waals surface area contributed by atoms with Gasteiger partial charge in [0.05, 0.1) is 0 Å². The van der Waals surface area contributed by atoms with Gasteiger partial charge in [-0.2, -0.15) is 0 Å². The van der Waals surface area contributed by atoms with Gasteiger partial charge in [-0.3, -0.25) is 4.79 Å². The fraction of sp³-hybridized carbons (Fsp3) is 0.900. The third-order valence-corrected chi connectivity index (χ3v) is 2.57. The summed E-state index contributed by atoms with van der Waals surface area (Å²) in [6, 6.07) is 0.471. The van der Waals surface area contributed by atoms with Crippen LogP contribution >= 0.6 is 0 Å². The lowest BCUT2D eigenvalue weighted by Crippen LogP contribution is -2.33. The van der Waals surface area contributed by atoms with Gasteiger partial charge in [0, 0.05) is 19.0 Å². The zero-order chi connectivity index (χ0) is 9.14. The first-order chi connectivity index (χ1) is 5.65. The van der Waals surface area contributed by atoms with Gasteiger partial charge in [0.2, 0.25) is 5.91 Å². The van der Waals surface area contributed by atoms with Crippen molar-refractivity contribution < 1.29 is 4.79 Å². The van der Waals surface area contributed by atoms with Gasteiger partial charge in [-0.1, -0.05) is 13.8 Å². The molecule has 1 aliphatic rings. The normalized spacial score (nSPS) is 29.4. The Morgan fingerprint density at radius 3 is 2.58 bits per heavy atom. The molecule has 1 amide bonds. The molecule has 0 aromatic heterocycles. The number of likely N-dealkylation sites (tertiary alicyclic amines) is 1. The van der Waals surface area contributed by atoms with Crippen molar-refractivity contribution >= 4 is 5.91 Å². The molecule has 2 heteroatoms. The van der Waals surface area contributed by atoms with E-state index in [9.17, 15) is 4.79 Å². The van der Waals surface area contributed by atoms with Crippen LogP contribution in [-0.4, -0.2) is 23.4 Å². The molecule has 1 saturated heterocycles. The molecule has 0 radical (unpaired) electrons. The van der Waals surface area contributed by atoms with Crippen LogP contribution in [-0.2, 0) is 4.79 Å². The van der Waals surface area contributed by atoms with Crippen molar-refractivity contribution in [2.45, 2.75) is 46.1 Å². The van der Waals surface area contributed by atoms with E-state index in [1.54, 1.807) is 0 Å². The lowest BCUT2D eigenvalue weighted by molar-refractivity contribution is -0.131. The molecule has 2 nitrogen and oxygen atoms in total. The minimum atomic E-state index is 0.342. The topological polar surface area (TPSA) is 20.3 Å². The van der Waals surface area contributed by atoms with Crippen molar-refractivity contribution in [3.63, 3.8) is 0 Å². The molecule has 70 valence electrons. The standard InChI is InChI=1S/C10H19NO/c1-4-5-10(12)11-7-8(2)6-9(11)3/h8-9H,4-7H2,1-3H3/t8-,9+/m1/s1. The van der Waals surface area contributed by atoms with E-state index in [2.05, 4.69) is 20.8 Å². The summed E-state index contributed by atoms with van der Waals surface area (Å²) in [7, 11) is 0. The molecule has 12 heavy (non-hydrogen) atoms.